The van der Waals surface area contributed by atoms with E-state index in [0.29, 0.717) is 6.04 Å². The number of nitrogens with zero attached hydrogens (tertiary/aromatic N) is 2. The summed E-state index contributed by atoms with van der Waals surface area (Å²) in [6.07, 6.45) is 7.19. The lowest BCUT2D eigenvalue weighted by Crippen LogP contribution is -2.15. The molecule has 3 nitrogen and oxygen atoms in total. The molecule has 0 atom stereocenters. The molecule has 2 N–H and O–H groups in total. The number of hydrogen-bond acceptors (Lipinski definition) is 2. The van der Waals surface area contributed by atoms with Gasteiger partial charge in [-0.15, -0.1) is 0 Å². The van der Waals surface area contributed by atoms with Gasteiger partial charge in [-0.3, -0.25) is 0 Å². The zero-order chi connectivity index (χ0) is 11.8. The van der Waals surface area contributed by atoms with Crippen molar-refractivity contribution in [3.63, 3.8) is 0 Å². The first-order valence-electron chi connectivity index (χ1n) is 6.46. The van der Waals surface area contributed by atoms with Crippen LogP contribution < -0.4 is 5.73 Å². The number of nitrogens with two attached hydrogens (primary N) is 1. The van der Waals surface area contributed by atoms with Crippen LogP contribution in [0.1, 0.15) is 38.6 Å². The lowest BCUT2D eigenvalue weighted by atomic mass is 9.87. The van der Waals surface area contributed by atoms with E-state index >= 15 is 0 Å². The Labute approximate surface area is 102 Å². The number of imidazole rings is 1. The third kappa shape index (κ3) is 1.90. The van der Waals surface area contributed by atoms with Crippen LogP contribution in [0.15, 0.2) is 24.5 Å². The Kier molecular flexibility index (Phi) is 2.54. The molecule has 2 aromatic rings. The average molecular weight is 229 g/mol. The van der Waals surface area contributed by atoms with Crippen molar-refractivity contribution in [2.45, 2.75) is 38.6 Å². The van der Waals surface area contributed by atoms with E-state index in [4.69, 9.17) is 5.73 Å². The Hall–Kier alpha value is -1.51. The van der Waals surface area contributed by atoms with Gasteiger partial charge in [0.05, 0.1) is 17.4 Å². The highest BCUT2D eigenvalue weighted by Gasteiger charge is 2.20. The maximum Gasteiger partial charge on any atom is 0.0960 e. The molecule has 17 heavy (non-hydrogen) atoms. The summed E-state index contributed by atoms with van der Waals surface area (Å²) >= 11 is 0. The van der Waals surface area contributed by atoms with Crippen LogP contribution in [0.3, 0.4) is 0 Å². The molecule has 0 unspecified atom stereocenters. The van der Waals surface area contributed by atoms with Gasteiger partial charge in [-0.1, -0.05) is 6.92 Å². The van der Waals surface area contributed by atoms with Crippen LogP contribution in [-0.2, 0) is 0 Å². The molecule has 1 aromatic heterocycles. The highest BCUT2D eigenvalue weighted by molar-refractivity contribution is 5.79. The van der Waals surface area contributed by atoms with Gasteiger partial charge in [-0.05, 0) is 49.8 Å². The molecule has 1 fully saturated rings. The van der Waals surface area contributed by atoms with Gasteiger partial charge in [0.25, 0.3) is 0 Å². The molecule has 1 aromatic carbocycles. The van der Waals surface area contributed by atoms with Gasteiger partial charge in [0.1, 0.15) is 0 Å². The van der Waals surface area contributed by atoms with Crippen LogP contribution in [0.5, 0.6) is 0 Å². The maximum atomic E-state index is 5.78. The van der Waals surface area contributed by atoms with E-state index in [9.17, 15) is 0 Å². The van der Waals surface area contributed by atoms with Gasteiger partial charge < -0.3 is 10.3 Å². The predicted molar refractivity (Wildman–Crippen MR) is 70.8 cm³/mol. The summed E-state index contributed by atoms with van der Waals surface area (Å²) in [7, 11) is 0. The summed E-state index contributed by atoms with van der Waals surface area (Å²) in [6.45, 7) is 2.35. The highest BCUT2D eigenvalue weighted by atomic mass is 15.1. The Bertz CT molecular complexity index is 521. The van der Waals surface area contributed by atoms with E-state index in [-0.39, 0.29) is 0 Å². The minimum absolute atomic E-state index is 0.625. The van der Waals surface area contributed by atoms with E-state index in [2.05, 4.69) is 22.5 Å². The number of fused-ring (bicyclic) bond motifs is 1. The van der Waals surface area contributed by atoms with E-state index in [1.165, 1.54) is 31.2 Å². The molecule has 0 spiro atoms. The fourth-order valence-electron chi connectivity index (χ4n) is 2.86. The first-order chi connectivity index (χ1) is 8.24. The number of nitrogen functional groups attached to an aromatic ring is 1. The molecular weight excluding hydrogens is 210 g/mol. The Morgan fingerprint density at radius 3 is 2.76 bits per heavy atom. The molecule has 1 aliphatic carbocycles. The van der Waals surface area contributed by atoms with E-state index in [1.54, 1.807) is 0 Å². The predicted octanol–water partition coefficient (Wildman–Crippen LogP) is 3.37. The lowest BCUT2D eigenvalue weighted by Gasteiger charge is -2.27. The molecule has 90 valence electrons. The third-order valence-electron chi connectivity index (χ3n) is 3.98. The lowest BCUT2D eigenvalue weighted by molar-refractivity contribution is 0.293. The summed E-state index contributed by atoms with van der Waals surface area (Å²) in [4.78, 5) is 4.46. The largest absolute Gasteiger partial charge is 0.399 e. The van der Waals surface area contributed by atoms with Crippen LogP contribution in [0, 0.1) is 5.92 Å². The first-order valence-corrected chi connectivity index (χ1v) is 6.46. The molecule has 0 saturated heterocycles. The smallest absolute Gasteiger partial charge is 0.0960 e. The average Bonchev–Trinajstić information content (AvgIpc) is 2.73. The quantitative estimate of drug-likeness (QED) is 0.762. The van der Waals surface area contributed by atoms with Crippen molar-refractivity contribution in [1.82, 2.24) is 9.55 Å². The second kappa shape index (κ2) is 4.06. The number of rotatable bonds is 1. The molecule has 0 bridgehead atoms. The second-order valence-electron chi connectivity index (χ2n) is 5.31. The van der Waals surface area contributed by atoms with Crippen molar-refractivity contribution in [3.8, 4) is 0 Å². The zero-order valence-corrected chi connectivity index (χ0v) is 10.3. The molecule has 0 aliphatic heterocycles. The zero-order valence-electron chi connectivity index (χ0n) is 10.3. The number of anilines is 1. The summed E-state index contributed by atoms with van der Waals surface area (Å²) < 4.78 is 2.33. The van der Waals surface area contributed by atoms with Crippen LogP contribution >= 0.6 is 0 Å². The molecular formula is C14H19N3. The minimum Gasteiger partial charge on any atom is -0.399 e. The van der Waals surface area contributed by atoms with Crippen LogP contribution in [0.25, 0.3) is 11.0 Å². The molecule has 1 saturated carbocycles. The number of benzene rings is 1. The van der Waals surface area contributed by atoms with Gasteiger partial charge >= 0.3 is 0 Å². The Morgan fingerprint density at radius 2 is 2.00 bits per heavy atom. The monoisotopic (exact) mass is 229 g/mol. The van der Waals surface area contributed by atoms with E-state index in [0.717, 1.165) is 17.1 Å². The Balaban J connectivity index is 1.95. The van der Waals surface area contributed by atoms with Gasteiger partial charge in [0, 0.05) is 11.7 Å². The molecule has 1 heterocycles. The standard InChI is InChI=1S/C14H19N3/c1-10-2-5-12(6-3-10)17-9-16-13-8-11(15)4-7-14(13)17/h4,7-10,12H,2-3,5-6,15H2,1H3. The first kappa shape index (κ1) is 10.6. The molecule has 3 rings (SSSR count). The second-order valence-corrected chi connectivity index (χ2v) is 5.31. The van der Waals surface area contributed by atoms with Crippen LogP contribution in [0.4, 0.5) is 5.69 Å². The van der Waals surface area contributed by atoms with Crippen molar-refractivity contribution in [1.29, 1.82) is 0 Å². The van der Waals surface area contributed by atoms with E-state index in [1.807, 2.05) is 18.5 Å². The highest BCUT2D eigenvalue weighted by Crippen LogP contribution is 2.33. The number of hydrogen-bond donors (Lipinski definition) is 1. The van der Waals surface area contributed by atoms with Crippen molar-refractivity contribution in [3.05, 3.63) is 24.5 Å². The molecule has 1 aliphatic rings. The van der Waals surface area contributed by atoms with E-state index < -0.39 is 0 Å². The van der Waals surface area contributed by atoms with Crippen molar-refractivity contribution >= 4 is 16.7 Å². The molecule has 0 radical (unpaired) electrons. The van der Waals surface area contributed by atoms with Gasteiger partial charge in [-0.25, -0.2) is 4.98 Å². The molecule has 0 amide bonds. The van der Waals surface area contributed by atoms with Crippen molar-refractivity contribution < 1.29 is 0 Å². The topological polar surface area (TPSA) is 43.8 Å². The van der Waals surface area contributed by atoms with Gasteiger partial charge in [-0.2, -0.15) is 0 Å². The summed E-state index contributed by atoms with van der Waals surface area (Å²) in [5.41, 5.74) is 8.81. The van der Waals surface area contributed by atoms with Gasteiger partial charge in [0.2, 0.25) is 0 Å². The van der Waals surface area contributed by atoms with Gasteiger partial charge in [0.15, 0.2) is 0 Å². The maximum absolute atomic E-state index is 5.78. The summed E-state index contributed by atoms with van der Waals surface area (Å²) in [5.74, 6) is 0.886. The SMILES string of the molecule is CC1CCC(n2cnc3cc(N)ccc32)CC1. The van der Waals surface area contributed by atoms with Crippen LogP contribution in [0.2, 0.25) is 0 Å². The summed E-state index contributed by atoms with van der Waals surface area (Å²) in [6, 6.07) is 6.64. The fraction of sp³-hybridized carbons (Fsp3) is 0.500. The summed E-state index contributed by atoms with van der Waals surface area (Å²) in [5, 5.41) is 0. The number of aromatic nitrogens is 2. The third-order valence-corrected chi connectivity index (χ3v) is 3.98. The van der Waals surface area contributed by atoms with Crippen molar-refractivity contribution in [2.24, 2.45) is 5.92 Å². The Morgan fingerprint density at radius 1 is 1.24 bits per heavy atom. The fourth-order valence-corrected chi connectivity index (χ4v) is 2.86. The minimum atomic E-state index is 0.625. The normalized spacial score (nSPS) is 25.2. The van der Waals surface area contributed by atoms with Crippen LogP contribution in [-0.4, -0.2) is 9.55 Å². The molecule has 3 heteroatoms. The van der Waals surface area contributed by atoms with Crippen molar-refractivity contribution in [2.75, 3.05) is 5.73 Å².